The summed E-state index contributed by atoms with van der Waals surface area (Å²) in [5, 5.41) is 5.39. The Kier molecular flexibility index (Phi) is 6.41. The van der Waals surface area contributed by atoms with Crippen LogP contribution in [0.1, 0.15) is 26.3 Å². The number of carbonyl (C=O) groups is 2. The Hall–Kier alpha value is -3.60. The molecule has 3 aromatic rings. The quantitative estimate of drug-likeness (QED) is 0.659. The van der Waals surface area contributed by atoms with E-state index >= 15 is 0 Å². The molecule has 2 N–H and O–H groups in total. The zero-order valence-corrected chi connectivity index (χ0v) is 15.6. The standard InChI is InChI=1S/C23H22N2O3/c1-24-22(26)18-10-12-20(13-11-18)25-23(27)19-8-5-9-21(16-19)28-15-14-17-6-3-2-4-7-17/h2-13,16H,14-15H2,1H3,(H,24,26)(H,25,27). The van der Waals surface area contributed by atoms with Crippen LogP contribution in [0.25, 0.3) is 0 Å². The van der Waals surface area contributed by atoms with Crippen molar-refractivity contribution in [2.75, 3.05) is 19.0 Å². The Morgan fingerprint density at radius 3 is 2.29 bits per heavy atom. The van der Waals surface area contributed by atoms with E-state index in [4.69, 9.17) is 4.74 Å². The number of carbonyl (C=O) groups excluding carboxylic acids is 2. The second kappa shape index (κ2) is 9.37. The van der Waals surface area contributed by atoms with Crippen molar-refractivity contribution in [1.82, 2.24) is 5.32 Å². The summed E-state index contributed by atoms with van der Waals surface area (Å²) in [5.41, 5.74) is 2.87. The second-order valence-corrected chi connectivity index (χ2v) is 6.22. The molecule has 0 aromatic heterocycles. The van der Waals surface area contributed by atoms with Crippen LogP contribution in [0.5, 0.6) is 5.75 Å². The molecule has 3 aromatic carbocycles. The van der Waals surface area contributed by atoms with Crippen LogP contribution in [0, 0.1) is 0 Å². The number of amides is 2. The molecule has 5 heteroatoms. The Morgan fingerprint density at radius 1 is 0.821 bits per heavy atom. The number of anilines is 1. The molecule has 0 fully saturated rings. The molecule has 0 saturated heterocycles. The van der Waals surface area contributed by atoms with Gasteiger partial charge in [-0.05, 0) is 48.0 Å². The molecule has 28 heavy (non-hydrogen) atoms. The third kappa shape index (κ3) is 5.20. The molecule has 0 heterocycles. The number of nitrogens with one attached hydrogen (secondary N) is 2. The molecule has 0 spiro atoms. The minimum Gasteiger partial charge on any atom is -0.493 e. The molecule has 5 nitrogen and oxygen atoms in total. The Balaban J connectivity index is 1.58. The smallest absolute Gasteiger partial charge is 0.255 e. The number of rotatable bonds is 7. The van der Waals surface area contributed by atoms with Crippen molar-refractivity contribution in [2.45, 2.75) is 6.42 Å². The van der Waals surface area contributed by atoms with E-state index in [0.29, 0.717) is 29.2 Å². The number of hydrogen-bond donors (Lipinski definition) is 2. The topological polar surface area (TPSA) is 67.4 Å². The molecule has 2 amide bonds. The van der Waals surface area contributed by atoms with Crippen LogP contribution >= 0.6 is 0 Å². The minimum absolute atomic E-state index is 0.168. The van der Waals surface area contributed by atoms with E-state index < -0.39 is 0 Å². The van der Waals surface area contributed by atoms with Gasteiger partial charge in [0.2, 0.25) is 0 Å². The third-order valence-corrected chi connectivity index (χ3v) is 4.23. The normalized spacial score (nSPS) is 10.2. The summed E-state index contributed by atoms with van der Waals surface area (Å²) in [6.07, 6.45) is 0.801. The van der Waals surface area contributed by atoms with Crippen LogP contribution in [0.3, 0.4) is 0 Å². The lowest BCUT2D eigenvalue weighted by molar-refractivity contribution is 0.0962. The summed E-state index contributed by atoms with van der Waals surface area (Å²) < 4.78 is 5.78. The van der Waals surface area contributed by atoms with Gasteiger partial charge in [-0.3, -0.25) is 9.59 Å². The van der Waals surface area contributed by atoms with E-state index in [1.165, 1.54) is 5.56 Å². The van der Waals surface area contributed by atoms with E-state index in [9.17, 15) is 9.59 Å². The maximum Gasteiger partial charge on any atom is 0.255 e. The monoisotopic (exact) mass is 374 g/mol. The summed E-state index contributed by atoms with van der Waals surface area (Å²) in [4.78, 5) is 24.1. The van der Waals surface area contributed by atoms with Gasteiger partial charge in [-0.1, -0.05) is 36.4 Å². The zero-order valence-electron chi connectivity index (χ0n) is 15.6. The van der Waals surface area contributed by atoms with Crippen molar-refractivity contribution in [3.8, 4) is 5.75 Å². The lowest BCUT2D eigenvalue weighted by Crippen LogP contribution is -2.17. The van der Waals surface area contributed by atoms with Crippen LogP contribution in [0.15, 0.2) is 78.9 Å². The Bertz CT molecular complexity index is 938. The molecule has 0 unspecified atom stereocenters. The highest BCUT2D eigenvalue weighted by molar-refractivity contribution is 6.04. The average molecular weight is 374 g/mol. The molecular formula is C23H22N2O3. The zero-order chi connectivity index (χ0) is 19.8. The van der Waals surface area contributed by atoms with E-state index in [1.54, 1.807) is 49.5 Å². The van der Waals surface area contributed by atoms with Gasteiger partial charge in [0.1, 0.15) is 5.75 Å². The van der Waals surface area contributed by atoms with E-state index in [-0.39, 0.29) is 11.8 Å². The van der Waals surface area contributed by atoms with E-state index in [0.717, 1.165) is 6.42 Å². The second-order valence-electron chi connectivity index (χ2n) is 6.22. The average Bonchev–Trinajstić information content (AvgIpc) is 2.74. The van der Waals surface area contributed by atoms with Crippen molar-refractivity contribution in [2.24, 2.45) is 0 Å². The summed E-state index contributed by atoms with van der Waals surface area (Å²) in [6.45, 7) is 0.538. The predicted octanol–water partition coefficient (Wildman–Crippen LogP) is 3.92. The molecule has 142 valence electrons. The molecule has 0 radical (unpaired) electrons. The maximum absolute atomic E-state index is 12.5. The summed E-state index contributed by atoms with van der Waals surface area (Å²) in [5.74, 6) is 0.248. The van der Waals surface area contributed by atoms with Gasteiger partial charge in [0.25, 0.3) is 11.8 Å². The van der Waals surface area contributed by atoms with Gasteiger partial charge in [0.05, 0.1) is 6.61 Å². The third-order valence-electron chi connectivity index (χ3n) is 4.23. The fourth-order valence-corrected chi connectivity index (χ4v) is 2.71. The molecule has 0 aliphatic rings. The van der Waals surface area contributed by atoms with Crippen molar-refractivity contribution in [3.63, 3.8) is 0 Å². The van der Waals surface area contributed by atoms with Gasteiger partial charge in [-0.15, -0.1) is 0 Å². The highest BCUT2D eigenvalue weighted by atomic mass is 16.5. The van der Waals surface area contributed by atoms with Crippen molar-refractivity contribution >= 4 is 17.5 Å². The van der Waals surface area contributed by atoms with Gasteiger partial charge in [-0.25, -0.2) is 0 Å². The highest BCUT2D eigenvalue weighted by Gasteiger charge is 2.09. The SMILES string of the molecule is CNC(=O)c1ccc(NC(=O)c2cccc(OCCc3ccccc3)c2)cc1. The molecule has 0 aliphatic heterocycles. The molecule has 0 saturated carbocycles. The molecule has 3 rings (SSSR count). The van der Waals surface area contributed by atoms with Gasteiger partial charge in [0.15, 0.2) is 0 Å². The highest BCUT2D eigenvalue weighted by Crippen LogP contribution is 2.16. The van der Waals surface area contributed by atoms with Crippen LogP contribution < -0.4 is 15.4 Å². The molecular weight excluding hydrogens is 352 g/mol. The lowest BCUT2D eigenvalue weighted by atomic mass is 10.1. The van der Waals surface area contributed by atoms with Crippen molar-refractivity contribution < 1.29 is 14.3 Å². The van der Waals surface area contributed by atoms with Gasteiger partial charge < -0.3 is 15.4 Å². The lowest BCUT2D eigenvalue weighted by Gasteiger charge is -2.09. The van der Waals surface area contributed by atoms with E-state index in [1.807, 2.05) is 24.3 Å². The first-order valence-electron chi connectivity index (χ1n) is 9.06. The summed E-state index contributed by atoms with van der Waals surface area (Å²) in [6, 6.07) is 23.9. The van der Waals surface area contributed by atoms with Gasteiger partial charge in [0, 0.05) is 30.3 Å². The number of benzene rings is 3. The van der Waals surface area contributed by atoms with Gasteiger partial charge >= 0.3 is 0 Å². The first-order chi connectivity index (χ1) is 13.7. The predicted molar refractivity (Wildman–Crippen MR) is 110 cm³/mol. The fourth-order valence-electron chi connectivity index (χ4n) is 2.71. The van der Waals surface area contributed by atoms with Gasteiger partial charge in [-0.2, -0.15) is 0 Å². The van der Waals surface area contributed by atoms with Crippen molar-refractivity contribution in [3.05, 3.63) is 95.6 Å². The number of hydrogen-bond acceptors (Lipinski definition) is 3. The minimum atomic E-state index is -0.235. The first-order valence-corrected chi connectivity index (χ1v) is 9.06. The molecule has 0 bridgehead atoms. The van der Waals surface area contributed by atoms with Crippen LogP contribution in [0.4, 0.5) is 5.69 Å². The van der Waals surface area contributed by atoms with Crippen LogP contribution in [-0.2, 0) is 6.42 Å². The Labute approximate surface area is 164 Å². The summed E-state index contributed by atoms with van der Waals surface area (Å²) >= 11 is 0. The van der Waals surface area contributed by atoms with Crippen molar-refractivity contribution in [1.29, 1.82) is 0 Å². The Morgan fingerprint density at radius 2 is 1.57 bits per heavy atom. The van der Waals surface area contributed by atoms with E-state index in [2.05, 4.69) is 22.8 Å². The van der Waals surface area contributed by atoms with Crippen LogP contribution in [0.2, 0.25) is 0 Å². The number of ether oxygens (including phenoxy) is 1. The molecule has 0 aliphatic carbocycles. The molecule has 0 atom stereocenters. The fraction of sp³-hybridized carbons (Fsp3) is 0.130. The summed E-state index contributed by atoms with van der Waals surface area (Å²) in [7, 11) is 1.58. The van der Waals surface area contributed by atoms with Crippen LogP contribution in [-0.4, -0.2) is 25.5 Å². The first kappa shape index (κ1) is 19.2. The maximum atomic E-state index is 12.5. The largest absolute Gasteiger partial charge is 0.493 e.